The molecule has 0 heterocycles. The molecule has 0 aromatic heterocycles. The van der Waals surface area contributed by atoms with Crippen LogP contribution >= 0.6 is 0 Å². The Bertz CT molecular complexity index is 597. The molecule has 18 heavy (non-hydrogen) atoms. The van der Waals surface area contributed by atoms with Crippen molar-refractivity contribution in [3.05, 3.63) is 65.1 Å². The molecule has 1 aliphatic carbocycles. The van der Waals surface area contributed by atoms with Gasteiger partial charge in [0.05, 0.1) is 0 Å². The molecule has 0 radical (unpaired) electrons. The third kappa shape index (κ3) is 2.15. The summed E-state index contributed by atoms with van der Waals surface area (Å²) in [5.74, 6) is 0. The molecule has 0 atom stereocenters. The van der Waals surface area contributed by atoms with Gasteiger partial charge in [-0.2, -0.15) is 18.6 Å². The molecule has 2 aromatic carbocycles. The molecule has 0 spiro atoms. The van der Waals surface area contributed by atoms with Crippen molar-refractivity contribution in [2.24, 2.45) is 0 Å². The number of fused-ring (bicyclic) bond motifs is 3. The molecule has 0 aliphatic heterocycles. The quantitative estimate of drug-likeness (QED) is 0.582. The zero-order chi connectivity index (χ0) is 12.0. The van der Waals surface area contributed by atoms with E-state index in [-0.39, 0.29) is 21.1 Å². The Balaban J connectivity index is 0.00000120. The molecule has 0 saturated carbocycles. The predicted molar refractivity (Wildman–Crippen MR) is 72.1 cm³/mol. The van der Waals surface area contributed by atoms with Crippen LogP contribution in [0, 0.1) is 26.8 Å². The molecule has 0 nitrogen and oxygen atoms in total. The van der Waals surface area contributed by atoms with Crippen LogP contribution in [0.1, 0.15) is 27.8 Å². The topological polar surface area (TPSA) is 0 Å². The monoisotopic (exact) mass is 404 g/mol. The summed E-state index contributed by atoms with van der Waals surface area (Å²) < 4.78 is 0. The van der Waals surface area contributed by atoms with Gasteiger partial charge in [0.15, 0.2) is 0 Å². The van der Waals surface area contributed by atoms with Crippen molar-refractivity contribution in [3.8, 4) is 11.1 Å². The van der Waals surface area contributed by atoms with Crippen LogP contribution in [0.2, 0.25) is 0 Å². The average Bonchev–Trinajstić information content (AvgIpc) is 2.28. The Kier molecular flexibility index (Phi) is 3.68. The summed E-state index contributed by atoms with van der Waals surface area (Å²) in [6, 6.07) is 12.3. The van der Waals surface area contributed by atoms with Crippen LogP contribution in [0.25, 0.3) is 11.1 Å². The molecule has 0 saturated heterocycles. The van der Waals surface area contributed by atoms with Gasteiger partial charge < -0.3 is 0 Å². The van der Waals surface area contributed by atoms with Crippen molar-refractivity contribution in [1.82, 2.24) is 0 Å². The maximum absolute atomic E-state index is 4.20. The van der Waals surface area contributed by atoms with Gasteiger partial charge in [-0.3, -0.25) is 0 Å². The first kappa shape index (κ1) is 13.4. The first-order valence-electron chi connectivity index (χ1n) is 6.12. The fourth-order valence-corrected chi connectivity index (χ4v) is 2.83. The number of hydrogen-bond donors (Lipinski definition) is 0. The van der Waals surface area contributed by atoms with Crippen LogP contribution in [-0.4, -0.2) is 0 Å². The molecule has 0 bridgehead atoms. The third-order valence-electron chi connectivity index (χ3n) is 3.53. The second-order valence-electron chi connectivity index (χ2n) is 5.04. The fourth-order valence-electron chi connectivity index (χ4n) is 2.83. The number of hydrogen-bond acceptors (Lipinski definition) is 0. The molecule has 0 unspecified atom stereocenters. The average molecular weight is 404 g/mol. The molecule has 1 aliphatic rings. The second-order valence-corrected chi connectivity index (χ2v) is 5.04. The van der Waals surface area contributed by atoms with Crippen molar-refractivity contribution in [2.75, 3.05) is 0 Å². The summed E-state index contributed by atoms with van der Waals surface area (Å²) in [5, 5.41) is 0. The van der Waals surface area contributed by atoms with E-state index in [0.717, 1.165) is 18.4 Å². The second kappa shape index (κ2) is 4.94. The predicted octanol–water partition coefficient (Wildman–Crippen LogP) is 4.05. The van der Waals surface area contributed by atoms with Crippen LogP contribution in [0.4, 0.5) is 0 Å². The Morgan fingerprint density at radius 2 is 1.67 bits per heavy atom. The van der Waals surface area contributed by atoms with Crippen molar-refractivity contribution in [2.45, 2.75) is 26.7 Å². The summed E-state index contributed by atoms with van der Waals surface area (Å²) in [6.45, 7) is 8.47. The van der Waals surface area contributed by atoms with E-state index >= 15 is 0 Å². The van der Waals surface area contributed by atoms with Crippen molar-refractivity contribution in [1.29, 1.82) is 0 Å². The smallest absolute Gasteiger partial charge is 0.195 e. The standard InChI is InChI=1S/C17H16.W/c1-11-4-7-16-14(9-11)5-6-15-10-12(2)8-13(3)17(15)16;/h4,8-10H,3,5-6H2,1-2H3;/q-2;+2. The van der Waals surface area contributed by atoms with E-state index in [2.05, 4.69) is 51.1 Å². The van der Waals surface area contributed by atoms with Gasteiger partial charge in [0.1, 0.15) is 0 Å². The molecular formula is C17H16W. The maximum Gasteiger partial charge on any atom is 2.00 e. The summed E-state index contributed by atoms with van der Waals surface area (Å²) in [5.41, 5.74) is 9.18. The molecule has 0 amide bonds. The Labute approximate surface area is 124 Å². The van der Waals surface area contributed by atoms with E-state index in [4.69, 9.17) is 0 Å². The van der Waals surface area contributed by atoms with Crippen LogP contribution in [0.5, 0.6) is 0 Å². The molecule has 1 heteroatoms. The molecule has 0 N–H and O–H groups in total. The minimum absolute atomic E-state index is 0. The Morgan fingerprint density at radius 3 is 2.44 bits per heavy atom. The van der Waals surface area contributed by atoms with Crippen molar-refractivity contribution in [3.63, 3.8) is 0 Å². The van der Waals surface area contributed by atoms with E-state index in [9.17, 15) is 0 Å². The van der Waals surface area contributed by atoms with Crippen LogP contribution < -0.4 is 0 Å². The first-order valence-corrected chi connectivity index (χ1v) is 6.12. The van der Waals surface area contributed by atoms with E-state index in [0.29, 0.717) is 0 Å². The van der Waals surface area contributed by atoms with Crippen molar-refractivity contribution < 1.29 is 21.1 Å². The van der Waals surface area contributed by atoms with Crippen molar-refractivity contribution >= 4 is 0 Å². The molecule has 90 valence electrons. The van der Waals surface area contributed by atoms with E-state index in [1.54, 1.807) is 0 Å². The first-order chi connectivity index (χ1) is 8.15. The SMILES string of the molecule is [CH2-]c1cc(C)cc2c1-c1[c-]cc(C)cc1CC2.[W+2]. The van der Waals surface area contributed by atoms with Crippen LogP contribution in [0.15, 0.2) is 24.3 Å². The molecule has 0 fully saturated rings. The van der Waals surface area contributed by atoms with E-state index in [1.807, 2.05) is 0 Å². The van der Waals surface area contributed by atoms with Gasteiger partial charge in [0.25, 0.3) is 0 Å². The number of rotatable bonds is 0. The van der Waals surface area contributed by atoms with Crippen LogP contribution in [-0.2, 0) is 33.9 Å². The van der Waals surface area contributed by atoms with Gasteiger partial charge in [-0.1, -0.05) is 31.9 Å². The summed E-state index contributed by atoms with van der Waals surface area (Å²) in [6.07, 6.45) is 2.26. The normalized spacial score (nSPS) is 12.3. The zero-order valence-corrected chi connectivity index (χ0v) is 13.8. The van der Waals surface area contributed by atoms with Crippen LogP contribution in [0.3, 0.4) is 0 Å². The van der Waals surface area contributed by atoms with E-state index in [1.165, 1.54) is 33.4 Å². The van der Waals surface area contributed by atoms with Gasteiger partial charge in [-0.15, -0.1) is 46.0 Å². The van der Waals surface area contributed by atoms with Gasteiger partial charge in [0, 0.05) is 0 Å². The Morgan fingerprint density at radius 1 is 1.00 bits per heavy atom. The number of aryl methyl sites for hydroxylation is 4. The summed E-state index contributed by atoms with van der Waals surface area (Å²) in [4.78, 5) is 0. The molecular weight excluding hydrogens is 388 g/mol. The largest absolute Gasteiger partial charge is 2.00 e. The molecule has 2 aromatic rings. The van der Waals surface area contributed by atoms with Gasteiger partial charge in [-0.05, 0) is 6.42 Å². The maximum atomic E-state index is 4.20. The summed E-state index contributed by atoms with van der Waals surface area (Å²) in [7, 11) is 0. The van der Waals surface area contributed by atoms with E-state index < -0.39 is 0 Å². The fraction of sp³-hybridized carbons (Fsp3) is 0.235. The third-order valence-corrected chi connectivity index (χ3v) is 3.53. The molecule has 3 rings (SSSR count). The summed E-state index contributed by atoms with van der Waals surface area (Å²) >= 11 is 0. The minimum Gasteiger partial charge on any atom is -0.195 e. The van der Waals surface area contributed by atoms with Gasteiger partial charge in [0.2, 0.25) is 0 Å². The zero-order valence-electron chi connectivity index (χ0n) is 10.8. The number of benzene rings is 2. The minimum atomic E-state index is 0. The Hall–Kier alpha value is -1.00. The van der Waals surface area contributed by atoms with Gasteiger partial charge >= 0.3 is 21.1 Å². The van der Waals surface area contributed by atoms with Gasteiger partial charge in [-0.25, -0.2) is 0 Å².